The Morgan fingerprint density at radius 1 is 1.07 bits per heavy atom. The molecule has 0 radical (unpaired) electrons. The van der Waals surface area contributed by atoms with Gasteiger partial charge in [0, 0.05) is 41.7 Å². The smallest absolute Gasteiger partial charge is 0.243 e. The van der Waals surface area contributed by atoms with Gasteiger partial charge in [-0.05, 0) is 50.9 Å². The van der Waals surface area contributed by atoms with Crippen LogP contribution in [0.15, 0.2) is 28.0 Å². The zero-order valence-corrected chi connectivity index (χ0v) is 19.6. The van der Waals surface area contributed by atoms with Crippen LogP contribution in [0.25, 0.3) is 0 Å². The summed E-state index contributed by atoms with van der Waals surface area (Å²) in [5.74, 6) is 0.553. The second-order valence-electron chi connectivity index (χ2n) is 8.95. The van der Waals surface area contributed by atoms with Crippen LogP contribution in [-0.2, 0) is 14.8 Å². The second-order valence-corrected chi connectivity index (χ2v) is 12.0. The van der Waals surface area contributed by atoms with Gasteiger partial charge in [-0.25, -0.2) is 8.42 Å². The number of amides is 1. The van der Waals surface area contributed by atoms with Gasteiger partial charge in [0.15, 0.2) is 0 Å². The summed E-state index contributed by atoms with van der Waals surface area (Å²) in [6, 6.07) is 6.26. The van der Waals surface area contributed by atoms with Crippen molar-refractivity contribution in [3.8, 4) is 0 Å². The number of fused-ring (bicyclic) bond motifs is 1. The molecule has 1 saturated heterocycles. The van der Waals surface area contributed by atoms with Crippen molar-refractivity contribution in [1.29, 1.82) is 0 Å². The number of rotatable bonds is 4. The molecule has 1 unspecified atom stereocenters. The molecule has 1 amide bonds. The first-order valence-electron chi connectivity index (χ1n) is 11.2. The molecular formula is C22H33N3O3S2. The van der Waals surface area contributed by atoms with E-state index < -0.39 is 10.0 Å². The van der Waals surface area contributed by atoms with Crippen LogP contribution in [0.2, 0.25) is 0 Å². The number of hydrogen-bond acceptors (Lipinski definition) is 5. The molecule has 1 N–H and O–H groups in total. The van der Waals surface area contributed by atoms with E-state index in [1.54, 1.807) is 28.2 Å². The number of carbonyl (C=O) groups is 1. The predicted molar refractivity (Wildman–Crippen MR) is 121 cm³/mol. The van der Waals surface area contributed by atoms with E-state index in [4.69, 9.17) is 0 Å². The number of hydrogen-bond donors (Lipinski definition) is 1. The summed E-state index contributed by atoms with van der Waals surface area (Å²) in [6.45, 7) is 3.00. The third kappa shape index (κ3) is 4.56. The third-order valence-electron chi connectivity index (χ3n) is 6.93. The van der Waals surface area contributed by atoms with Gasteiger partial charge < -0.3 is 10.2 Å². The van der Waals surface area contributed by atoms with Crippen LogP contribution < -0.4 is 5.32 Å². The highest BCUT2D eigenvalue weighted by molar-refractivity contribution is 7.99. The van der Waals surface area contributed by atoms with Gasteiger partial charge in [-0.15, -0.1) is 11.8 Å². The van der Waals surface area contributed by atoms with Gasteiger partial charge in [0.05, 0.1) is 10.6 Å². The minimum Gasteiger partial charge on any atom is -0.325 e. The number of anilines is 1. The topological polar surface area (TPSA) is 69.7 Å². The SMILES string of the molecule is CC1CSc2ccc(S(=O)(=O)N3CCC(N(C)C4CCCCC4)CC3)cc2NC1=O. The third-order valence-corrected chi connectivity index (χ3v) is 10.2. The van der Waals surface area contributed by atoms with E-state index in [0.717, 1.165) is 17.7 Å². The predicted octanol–water partition coefficient (Wildman–Crippen LogP) is 3.78. The first-order valence-corrected chi connectivity index (χ1v) is 13.6. The summed E-state index contributed by atoms with van der Waals surface area (Å²) in [5, 5.41) is 2.90. The Kier molecular flexibility index (Phi) is 6.77. The van der Waals surface area contributed by atoms with Crippen molar-refractivity contribution in [1.82, 2.24) is 9.21 Å². The molecule has 0 aromatic heterocycles. The number of nitrogens with zero attached hydrogens (tertiary/aromatic N) is 2. The molecule has 2 fully saturated rings. The molecular weight excluding hydrogens is 418 g/mol. The van der Waals surface area contributed by atoms with Gasteiger partial charge in [0.2, 0.25) is 15.9 Å². The molecule has 1 saturated carbocycles. The highest BCUT2D eigenvalue weighted by Gasteiger charge is 2.33. The van der Waals surface area contributed by atoms with Crippen LogP contribution in [0.3, 0.4) is 0 Å². The minimum absolute atomic E-state index is 0.0534. The number of nitrogens with one attached hydrogen (secondary N) is 1. The number of carbonyl (C=O) groups excluding carboxylic acids is 1. The highest BCUT2D eigenvalue weighted by Crippen LogP contribution is 2.35. The Labute approximate surface area is 184 Å². The van der Waals surface area contributed by atoms with Gasteiger partial charge in [0.1, 0.15) is 0 Å². The molecule has 6 nitrogen and oxygen atoms in total. The van der Waals surface area contributed by atoms with Crippen LogP contribution in [0.1, 0.15) is 51.9 Å². The maximum Gasteiger partial charge on any atom is 0.243 e. The van der Waals surface area contributed by atoms with E-state index in [1.807, 2.05) is 13.0 Å². The molecule has 166 valence electrons. The number of sulfonamides is 1. The first-order chi connectivity index (χ1) is 14.4. The summed E-state index contributed by atoms with van der Waals surface area (Å²) in [4.78, 5) is 15.9. The van der Waals surface area contributed by atoms with Crippen molar-refractivity contribution in [2.24, 2.45) is 5.92 Å². The van der Waals surface area contributed by atoms with Crippen LogP contribution in [0.5, 0.6) is 0 Å². The summed E-state index contributed by atoms with van der Waals surface area (Å²) >= 11 is 1.60. The molecule has 30 heavy (non-hydrogen) atoms. The van der Waals surface area contributed by atoms with E-state index in [2.05, 4.69) is 17.3 Å². The summed E-state index contributed by atoms with van der Waals surface area (Å²) < 4.78 is 28.2. The van der Waals surface area contributed by atoms with Crippen molar-refractivity contribution in [2.45, 2.75) is 73.7 Å². The zero-order chi connectivity index (χ0) is 21.3. The fourth-order valence-corrected chi connectivity index (χ4v) is 7.37. The van der Waals surface area contributed by atoms with E-state index in [1.165, 1.54) is 32.1 Å². The Morgan fingerprint density at radius 2 is 1.73 bits per heavy atom. The monoisotopic (exact) mass is 451 g/mol. The Morgan fingerprint density at radius 3 is 2.43 bits per heavy atom. The van der Waals surface area contributed by atoms with Crippen LogP contribution in [0.4, 0.5) is 5.69 Å². The van der Waals surface area contributed by atoms with Gasteiger partial charge in [-0.2, -0.15) is 4.31 Å². The standard InChI is InChI=1S/C22H33N3O3S2/c1-16-15-29-21-9-8-19(14-20(21)23-22(16)26)30(27,28)25-12-10-18(11-13-25)24(2)17-6-4-3-5-7-17/h8-9,14,16-18H,3-7,10-13,15H2,1-2H3,(H,23,26). The lowest BCUT2D eigenvalue weighted by Crippen LogP contribution is -2.48. The largest absolute Gasteiger partial charge is 0.325 e. The molecule has 1 aromatic rings. The van der Waals surface area contributed by atoms with Crippen LogP contribution >= 0.6 is 11.8 Å². The van der Waals surface area contributed by atoms with Crippen LogP contribution in [0, 0.1) is 5.92 Å². The second kappa shape index (κ2) is 9.18. The fourth-order valence-electron chi connectivity index (χ4n) is 4.86. The normalized spacial score (nSPS) is 25.0. The molecule has 8 heteroatoms. The lowest BCUT2D eigenvalue weighted by atomic mass is 9.92. The van der Waals surface area contributed by atoms with Crippen molar-refractivity contribution < 1.29 is 13.2 Å². The average molecular weight is 452 g/mol. The van der Waals surface area contributed by atoms with E-state index in [-0.39, 0.29) is 16.7 Å². The Balaban J connectivity index is 1.43. The van der Waals surface area contributed by atoms with Gasteiger partial charge >= 0.3 is 0 Å². The highest BCUT2D eigenvalue weighted by atomic mass is 32.2. The minimum atomic E-state index is -3.56. The molecule has 0 bridgehead atoms. The maximum atomic E-state index is 13.3. The summed E-state index contributed by atoms with van der Waals surface area (Å²) in [6.07, 6.45) is 8.27. The molecule has 4 rings (SSSR count). The number of thioether (sulfide) groups is 1. The Bertz CT molecular complexity index is 876. The molecule has 0 spiro atoms. The van der Waals surface area contributed by atoms with Crippen molar-refractivity contribution in [3.63, 3.8) is 0 Å². The lowest BCUT2D eigenvalue weighted by Gasteiger charge is -2.41. The van der Waals surface area contributed by atoms with Gasteiger partial charge in [0.25, 0.3) is 0 Å². The zero-order valence-electron chi connectivity index (χ0n) is 18.0. The number of piperidine rings is 1. The molecule has 2 heterocycles. The fraction of sp³-hybridized carbons (Fsp3) is 0.682. The average Bonchev–Trinajstić information content (AvgIpc) is 2.91. The van der Waals surface area contributed by atoms with Gasteiger partial charge in [-0.1, -0.05) is 26.2 Å². The summed E-state index contributed by atoms with van der Waals surface area (Å²) in [5.41, 5.74) is 0.613. The van der Waals surface area contributed by atoms with Gasteiger partial charge in [-0.3, -0.25) is 4.79 Å². The molecule has 1 aromatic carbocycles. The molecule has 2 aliphatic heterocycles. The number of benzene rings is 1. The summed E-state index contributed by atoms with van der Waals surface area (Å²) in [7, 11) is -1.34. The molecule has 1 atom stereocenters. The van der Waals surface area contributed by atoms with Crippen molar-refractivity contribution in [3.05, 3.63) is 18.2 Å². The van der Waals surface area contributed by atoms with E-state index in [9.17, 15) is 13.2 Å². The maximum absolute atomic E-state index is 13.3. The Hall–Kier alpha value is -1.09. The molecule has 1 aliphatic carbocycles. The van der Waals surface area contributed by atoms with E-state index >= 15 is 0 Å². The quantitative estimate of drug-likeness (QED) is 0.754. The van der Waals surface area contributed by atoms with Crippen molar-refractivity contribution in [2.75, 3.05) is 31.2 Å². The van der Waals surface area contributed by atoms with Crippen molar-refractivity contribution >= 4 is 33.4 Å². The van der Waals surface area contributed by atoms with E-state index in [0.29, 0.717) is 36.6 Å². The lowest BCUT2D eigenvalue weighted by molar-refractivity contribution is -0.118. The van der Waals surface area contributed by atoms with Crippen LogP contribution in [-0.4, -0.2) is 61.5 Å². The first kappa shape index (κ1) is 22.1. The molecule has 3 aliphatic rings.